The molecule has 1 saturated carbocycles. The van der Waals surface area contributed by atoms with Crippen LogP contribution in [0.4, 0.5) is 5.69 Å². The minimum Gasteiger partial charge on any atom is -0.379 e. The second-order valence-corrected chi connectivity index (χ2v) is 5.10. The molecule has 1 fully saturated rings. The summed E-state index contributed by atoms with van der Waals surface area (Å²) in [5.74, 6) is 0.926. The van der Waals surface area contributed by atoms with Crippen LogP contribution in [0, 0.1) is 19.8 Å². The number of nitrogens with zero attached hydrogens (tertiary/aromatic N) is 2. The van der Waals surface area contributed by atoms with Gasteiger partial charge in [-0.05, 0) is 39.0 Å². The maximum Gasteiger partial charge on any atom is 0.0827 e. The molecule has 2 unspecified atom stereocenters. The summed E-state index contributed by atoms with van der Waals surface area (Å²) >= 11 is 0. The van der Waals surface area contributed by atoms with E-state index >= 15 is 0 Å². The Hall–Kier alpha value is -0.990. The average molecular weight is 221 g/mol. The maximum atomic E-state index is 4.45. The molecular formula is C13H23N3. The number of hydrogen-bond acceptors (Lipinski definition) is 2. The third-order valence-electron chi connectivity index (χ3n) is 3.98. The fraction of sp³-hybridized carbons (Fsp3) is 0.769. The van der Waals surface area contributed by atoms with E-state index in [1.807, 2.05) is 11.7 Å². The second kappa shape index (κ2) is 4.48. The summed E-state index contributed by atoms with van der Waals surface area (Å²) < 4.78 is 1.96. The molecule has 2 rings (SSSR count). The first-order valence-corrected chi connectivity index (χ1v) is 6.38. The van der Waals surface area contributed by atoms with Crippen molar-refractivity contribution < 1.29 is 0 Å². The fourth-order valence-electron chi connectivity index (χ4n) is 2.76. The highest BCUT2D eigenvalue weighted by Crippen LogP contribution is 2.31. The van der Waals surface area contributed by atoms with Crippen molar-refractivity contribution in [3.63, 3.8) is 0 Å². The van der Waals surface area contributed by atoms with Gasteiger partial charge in [0.2, 0.25) is 0 Å². The molecule has 16 heavy (non-hydrogen) atoms. The van der Waals surface area contributed by atoms with E-state index in [1.165, 1.54) is 37.1 Å². The molecule has 1 aromatic rings. The highest BCUT2D eigenvalue weighted by atomic mass is 15.3. The quantitative estimate of drug-likeness (QED) is 0.850. The van der Waals surface area contributed by atoms with Crippen molar-refractivity contribution in [2.24, 2.45) is 13.0 Å². The molecule has 1 aromatic heterocycles. The van der Waals surface area contributed by atoms with Crippen molar-refractivity contribution in [3.8, 4) is 0 Å². The molecule has 0 spiro atoms. The molecular weight excluding hydrogens is 198 g/mol. The fourth-order valence-corrected chi connectivity index (χ4v) is 2.76. The molecule has 0 saturated heterocycles. The molecule has 1 N–H and O–H groups in total. The van der Waals surface area contributed by atoms with Gasteiger partial charge in [-0.1, -0.05) is 13.3 Å². The van der Waals surface area contributed by atoms with Crippen molar-refractivity contribution in [1.29, 1.82) is 0 Å². The molecule has 90 valence electrons. The summed E-state index contributed by atoms with van der Waals surface area (Å²) in [5.41, 5.74) is 3.63. The summed E-state index contributed by atoms with van der Waals surface area (Å²) in [6.07, 6.45) is 5.34. The van der Waals surface area contributed by atoms with Crippen LogP contribution in [0.1, 0.15) is 44.0 Å². The Morgan fingerprint density at radius 3 is 2.62 bits per heavy atom. The first-order chi connectivity index (χ1) is 7.61. The summed E-state index contributed by atoms with van der Waals surface area (Å²) in [7, 11) is 2.01. The highest BCUT2D eigenvalue weighted by Gasteiger charge is 2.24. The van der Waals surface area contributed by atoms with Gasteiger partial charge in [0, 0.05) is 13.1 Å². The van der Waals surface area contributed by atoms with E-state index in [4.69, 9.17) is 0 Å². The lowest BCUT2D eigenvalue weighted by atomic mass is 10.1. The van der Waals surface area contributed by atoms with Gasteiger partial charge in [-0.3, -0.25) is 4.68 Å². The van der Waals surface area contributed by atoms with Gasteiger partial charge in [-0.15, -0.1) is 0 Å². The molecule has 3 nitrogen and oxygen atoms in total. The molecule has 1 aliphatic carbocycles. The Balaban J connectivity index is 2.04. The third kappa shape index (κ3) is 2.08. The minimum absolute atomic E-state index is 0.659. The van der Waals surface area contributed by atoms with Gasteiger partial charge in [0.25, 0.3) is 0 Å². The van der Waals surface area contributed by atoms with Crippen LogP contribution in [0.25, 0.3) is 0 Å². The van der Waals surface area contributed by atoms with Crippen LogP contribution in [0.5, 0.6) is 0 Å². The van der Waals surface area contributed by atoms with Crippen LogP contribution >= 0.6 is 0 Å². The second-order valence-electron chi connectivity index (χ2n) is 5.10. The number of aromatic nitrogens is 2. The summed E-state index contributed by atoms with van der Waals surface area (Å²) in [4.78, 5) is 0. The van der Waals surface area contributed by atoms with Crippen molar-refractivity contribution in [2.45, 2.75) is 52.5 Å². The Morgan fingerprint density at radius 1 is 1.38 bits per heavy atom. The molecule has 1 aliphatic rings. The number of anilines is 1. The predicted molar refractivity (Wildman–Crippen MR) is 67.7 cm³/mol. The maximum absolute atomic E-state index is 4.45. The van der Waals surface area contributed by atoms with Gasteiger partial charge in [-0.25, -0.2) is 0 Å². The third-order valence-corrected chi connectivity index (χ3v) is 3.98. The van der Waals surface area contributed by atoms with Gasteiger partial charge in [0.05, 0.1) is 17.1 Å². The van der Waals surface area contributed by atoms with Crippen LogP contribution in [0.3, 0.4) is 0 Å². The lowest BCUT2D eigenvalue weighted by Crippen LogP contribution is -2.16. The summed E-state index contributed by atoms with van der Waals surface area (Å²) in [6.45, 7) is 6.52. The van der Waals surface area contributed by atoms with Crippen LogP contribution < -0.4 is 5.32 Å². The zero-order valence-electron chi connectivity index (χ0n) is 10.9. The van der Waals surface area contributed by atoms with Crippen LogP contribution in [-0.4, -0.2) is 15.8 Å². The zero-order chi connectivity index (χ0) is 11.7. The van der Waals surface area contributed by atoms with Crippen molar-refractivity contribution in [1.82, 2.24) is 9.78 Å². The van der Waals surface area contributed by atoms with E-state index in [-0.39, 0.29) is 0 Å². The Bertz CT molecular complexity index is 367. The molecule has 0 aliphatic heterocycles. The number of nitrogens with one attached hydrogen (secondary N) is 1. The standard InChI is InChI=1S/C13H23N3/c1-5-11-6-7-12(8-11)14-13-9(2)15-16(4)10(13)3/h11-12,14H,5-8H2,1-4H3. The normalized spacial score (nSPS) is 25.0. The molecule has 0 amide bonds. The van der Waals surface area contributed by atoms with Crippen LogP contribution in [0.15, 0.2) is 0 Å². The largest absolute Gasteiger partial charge is 0.379 e. The topological polar surface area (TPSA) is 29.9 Å². The van der Waals surface area contributed by atoms with Gasteiger partial charge in [0.1, 0.15) is 0 Å². The van der Waals surface area contributed by atoms with Crippen LogP contribution in [-0.2, 0) is 7.05 Å². The SMILES string of the molecule is CCC1CCC(Nc2c(C)nn(C)c2C)C1. The van der Waals surface area contributed by atoms with E-state index in [0.29, 0.717) is 6.04 Å². The van der Waals surface area contributed by atoms with E-state index in [0.717, 1.165) is 11.6 Å². The highest BCUT2D eigenvalue weighted by molar-refractivity contribution is 5.52. The summed E-state index contributed by atoms with van der Waals surface area (Å²) in [6, 6.07) is 0.659. The molecule has 3 heteroatoms. The number of rotatable bonds is 3. The number of hydrogen-bond donors (Lipinski definition) is 1. The average Bonchev–Trinajstić information content (AvgIpc) is 2.80. The van der Waals surface area contributed by atoms with E-state index in [1.54, 1.807) is 0 Å². The molecule has 0 bridgehead atoms. The van der Waals surface area contributed by atoms with Crippen molar-refractivity contribution >= 4 is 5.69 Å². The Kier molecular flexibility index (Phi) is 3.22. The van der Waals surface area contributed by atoms with Gasteiger partial charge >= 0.3 is 0 Å². The van der Waals surface area contributed by atoms with E-state index in [2.05, 4.69) is 31.2 Å². The molecule has 0 radical (unpaired) electrons. The van der Waals surface area contributed by atoms with Gasteiger partial charge in [-0.2, -0.15) is 5.10 Å². The first-order valence-electron chi connectivity index (χ1n) is 6.38. The lowest BCUT2D eigenvalue weighted by molar-refractivity contribution is 0.525. The monoisotopic (exact) mass is 221 g/mol. The number of aryl methyl sites for hydroxylation is 2. The zero-order valence-corrected chi connectivity index (χ0v) is 10.9. The van der Waals surface area contributed by atoms with Gasteiger partial charge in [0.15, 0.2) is 0 Å². The van der Waals surface area contributed by atoms with Crippen LogP contribution in [0.2, 0.25) is 0 Å². The molecule has 2 atom stereocenters. The van der Waals surface area contributed by atoms with E-state index < -0.39 is 0 Å². The lowest BCUT2D eigenvalue weighted by Gasteiger charge is -2.14. The van der Waals surface area contributed by atoms with E-state index in [9.17, 15) is 0 Å². The minimum atomic E-state index is 0.659. The van der Waals surface area contributed by atoms with Crippen molar-refractivity contribution in [3.05, 3.63) is 11.4 Å². The Labute approximate surface area is 98.2 Å². The molecule has 1 heterocycles. The van der Waals surface area contributed by atoms with Crippen molar-refractivity contribution in [2.75, 3.05) is 5.32 Å². The predicted octanol–water partition coefficient (Wildman–Crippen LogP) is 3.03. The first kappa shape index (κ1) is 11.5. The Morgan fingerprint density at radius 2 is 2.12 bits per heavy atom. The summed E-state index contributed by atoms with van der Waals surface area (Å²) in [5, 5.41) is 8.13. The molecule has 0 aromatic carbocycles. The van der Waals surface area contributed by atoms with Gasteiger partial charge < -0.3 is 5.32 Å². The smallest absolute Gasteiger partial charge is 0.0827 e.